The Morgan fingerprint density at radius 1 is 1.83 bits per heavy atom. The van der Waals surface area contributed by atoms with Crippen molar-refractivity contribution in [1.82, 2.24) is 0 Å². The quantitative estimate of drug-likeness (QED) is 0.423. The Hall–Kier alpha value is -0.260. The zero-order chi connectivity index (χ0) is 4.57. The van der Waals surface area contributed by atoms with E-state index in [4.69, 9.17) is 0 Å². The van der Waals surface area contributed by atoms with Gasteiger partial charge in [-0.25, -0.2) is 0 Å². The molecule has 0 N–H and O–H groups in total. The zero-order valence-corrected chi connectivity index (χ0v) is 4.15. The molecule has 0 nitrogen and oxygen atoms in total. The average Bonchev–Trinajstić information content (AvgIpc) is 2.19. The molecular weight excluding hydrogens is 72.1 g/mol. The van der Waals surface area contributed by atoms with E-state index in [1.165, 1.54) is 6.42 Å². The van der Waals surface area contributed by atoms with E-state index in [0.717, 1.165) is 11.8 Å². The Kier molecular flexibility index (Phi) is 0.722. The summed E-state index contributed by atoms with van der Waals surface area (Å²) in [7, 11) is 0. The van der Waals surface area contributed by atoms with E-state index < -0.39 is 0 Å². The van der Waals surface area contributed by atoms with Gasteiger partial charge in [-0.2, -0.15) is 0 Å². The number of hydrogen-bond donors (Lipinski definition) is 0. The SMILES string of the molecule is C=C[C@@H]1C[C@H]1C. The first-order valence-electron chi connectivity index (χ1n) is 2.47. The second-order valence-electron chi connectivity index (χ2n) is 2.11. The fourth-order valence-corrected chi connectivity index (χ4v) is 0.679. The summed E-state index contributed by atoms with van der Waals surface area (Å²) in [6, 6.07) is 0. The second-order valence-corrected chi connectivity index (χ2v) is 2.11. The summed E-state index contributed by atoms with van der Waals surface area (Å²) >= 11 is 0. The van der Waals surface area contributed by atoms with Gasteiger partial charge >= 0.3 is 0 Å². The largest absolute Gasteiger partial charge is 0.103 e. The van der Waals surface area contributed by atoms with E-state index in [9.17, 15) is 0 Å². The van der Waals surface area contributed by atoms with E-state index >= 15 is 0 Å². The Morgan fingerprint density at radius 2 is 2.33 bits per heavy atom. The van der Waals surface area contributed by atoms with Crippen molar-refractivity contribution in [1.29, 1.82) is 0 Å². The van der Waals surface area contributed by atoms with Gasteiger partial charge in [-0.1, -0.05) is 13.0 Å². The first kappa shape index (κ1) is 3.91. The molecule has 1 aliphatic rings. The highest BCUT2D eigenvalue weighted by molar-refractivity contribution is 4.95. The summed E-state index contributed by atoms with van der Waals surface area (Å²) in [5.41, 5.74) is 0. The van der Waals surface area contributed by atoms with Crippen molar-refractivity contribution in [3.63, 3.8) is 0 Å². The highest BCUT2D eigenvalue weighted by Gasteiger charge is 2.28. The van der Waals surface area contributed by atoms with Crippen LogP contribution in [0.3, 0.4) is 0 Å². The molecule has 6 heavy (non-hydrogen) atoms. The third-order valence-corrected chi connectivity index (χ3v) is 1.47. The highest BCUT2D eigenvalue weighted by Crippen LogP contribution is 2.37. The van der Waals surface area contributed by atoms with Crippen molar-refractivity contribution in [3.8, 4) is 0 Å². The van der Waals surface area contributed by atoms with Crippen LogP contribution in [0.2, 0.25) is 0 Å². The van der Waals surface area contributed by atoms with Crippen LogP contribution >= 0.6 is 0 Å². The van der Waals surface area contributed by atoms with Crippen LogP contribution in [0.25, 0.3) is 0 Å². The van der Waals surface area contributed by atoms with Gasteiger partial charge in [0.25, 0.3) is 0 Å². The molecule has 0 spiro atoms. The lowest BCUT2D eigenvalue weighted by Crippen LogP contribution is -1.62. The van der Waals surface area contributed by atoms with Crippen LogP contribution in [0.1, 0.15) is 13.3 Å². The normalized spacial score (nSPS) is 42.2. The van der Waals surface area contributed by atoms with E-state index in [1.54, 1.807) is 0 Å². The summed E-state index contributed by atoms with van der Waals surface area (Å²) in [6.07, 6.45) is 3.42. The number of allylic oxidation sites excluding steroid dienone is 1. The highest BCUT2D eigenvalue weighted by atomic mass is 14.3. The minimum absolute atomic E-state index is 0.866. The molecule has 0 heterocycles. The first-order chi connectivity index (χ1) is 2.84. The predicted molar refractivity (Wildman–Crippen MR) is 27.5 cm³/mol. The second kappa shape index (κ2) is 1.11. The van der Waals surface area contributed by atoms with E-state index in [-0.39, 0.29) is 0 Å². The topological polar surface area (TPSA) is 0 Å². The van der Waals surface area contributed by atoms with Gasteiger partial charge in [0.1, 0.15) is 0 Å². The third kappa shape index (κ3) is 0.469. The Bertz CT molecular complexity index is 64.4. The number of hydrogen-bond acceptors (Lipinski definition) is 0. The Balaban J connectivity index is 2.25. The van der Waals surface area contributed by atoms with Gasteiger partial charge in [-0.3, -0.25) is 0 Å². The molecule has 1 aliphatic carbocycles. The molecular formula is C6H10. The van der Waals surface area contributed by atoms with E-state index in [1.807, 2.05) is 6.08 Å². The molecule has 0 aromatic carbocycles. The predicted octanol–water partition coefficient (Wildman–Crippen LogP) is 1.83. The minimum Gasteiger partial charge on any atom is -0.103 e. The molecule has 2 atom stereocenters. The molecule has 1 fully saturated rings. The first-order valence-corrected chi connectivity index (χ1v) is 2.47. The van der Waals surface area contributed by atoms with Crippen molar-refractivity contribution in [2.24, 2.45) is 11.8 Å². The number of rotatable bonds is 1. The summed E-state index contributed by atoms with van der Waals surface area (Å²) in [4.78, 5) is 0. The maximum atomic E-state index is 3.67. The van der Waals surface area contributed by atoms with Crippen LogP contribution < -0.4 is 0 Å². The summed E-state index contributed by atoms with van der Waals surface area (Å²) < 4.78 is 0. The monoisotopic (exact) mass is 82.1 g/mol. The minimum atomic E-state index is 0.866. The van der Waals surface area contributed by atoms with Gasteiger partial charge in [-0.15, -0.1) is 6.58 Å². The van der Waals surface area contributed by atoms with Crippen LogP contribution in [0.15, 0.2) is 12.7 Å². The fourth-order valence-electron chi connectivity index (χ4n) is 0.679. The van der Waals surface area contributed by atoms with Crippen LogP contribution in [-0.2, 0) is 0 Å². The Morgan fingerprint density at radius 3 is 2.33 bits per heavy atom. The van der Waals surface area contributed by atoms with Crippen LogP contribution in [0, 0.1) is 11.8 Å². The molecule has 34 valence electrons. The molecule has 0 aromatic heterocycles. The molecule has 0 bridgehead atoms. The molecule has 0 amide bonds. The van der Waals surface area contributed by atoms with Gasteiger partial charge in [-0.05, 0) is 18.3 Å². The van der Waals surface area contributed by atoms with Gasteiger partial charge in [0.2, 0.25) is 0 Å². The van der Waals surface area contributed by atoms with Gasteiger partial charge in [0.05, 0.1) is 0 Å². The lowest BCUT2D eigenvalue weighted by atomic mass is 10.3. The van der Waals surface area contributed by atoms with Crippen molar-refractivity contribution in [3.05, 3.63) is 12.7 Å². The van der Waals surface area contributed by atoms with E-state index in [2.05, 4.69) is 13.5 Å². The van der Waals surface area contributed by atoms with Crippen LogP contribution in [0.4, 0.5) is 0 Å². The van der Waals surface area contributed by atoms with Gasteiger partial charge < -0.3 is 0 Å². The van der Waals surface area contributed by atoms with Crippen molar-refractivity contribution >= 4 is 0 Å². The summed E-state index contributed by atoms with van der Waals surface area (Å²) in [6.45, 7) is 5.93. The van der Waals surface area contributed by atoms with Gasteiger partial charge in [0.15, 0.2) is 0 Å². The molecule has 0 aliphatic heterocycles. The molecule has 0 radical (unpaired) electrons. The lowest BCUT2D eigenvalue weighted by Gasteiger charge is -1.72. The smallest absolute Gasteiger partial charge is 0.0207 e. The molecule has 1 rings (SSSR count). The summed E-state index contributed by atoms with van der Waals surface area (Å²) in [5.74, 6) is 1.81. The summed E-state index contributed by atoms with van der Waals surface area (Å²) in [5, 5.41) is 0. The van der Waals surface area contributed by atoms with Crippen molar-refractivity contribution in [2.75, 3.05) is 0 Å². The molecule has 0 aromatic rings. The molecule has 1 saturated carbocycles. The molecule has 0 unspecified atom stereocenters. The van der Waals surface area contributed by atoms with Crippen molar-refractivity contribution < 1.29 is 0 Å². The van der Waals surface area contributed by atoms with Crippen LogP contribution in [-0.4, -0.2) is 0 Å². The lowest BCUT2D eigenvalue weighted by molar-refractivity contribution is 0.901. The van der Waals surface area contributed by atoms with Gasteiger partial charge in [0, 0.05) is 0 Å². The molecule has 0 heteroatoms. The fraction of sp³-hybridized carbons (Fsp3) is 0.667. The van der Waals surface area contributed by atoms with Crippen LogP contribution in [0.5, 0.6) is 0 Å². The maximum absolute atomic E-state index is 3.67. The molecule has 0 saturated heterocycles. The van der Waals surface area contributed by atoms with E-state index in [0.29, 0.717) is 0 Å². The standard InChI is InChI=1S/C6H10/c1-3-6-4-5(6)2/h3,5-6H,1,4H2,2H3/t5-,6-/m1/s1. The third-order valence-electron chi connectivity index (χ3n) is 1.47. The maximum Gasteiger partial charge on any atom is -0.0207 e. The average molecular weight is 82.1 g/mol. The zero-order valence-electron chi connectivity index (χ0n) is 4.15. The Labute approximate surface area is 38.9 Å². The van der Waals surface area contributed by atoms with Crippen molar-refractivity contribution in [2.45, 2.75) is 13.3 Å².